The molecule has 1 fully saturated rings. The molecule has 0 saturated carbocycles. The van der Waals surface area contributed by atoms with Crippen LogP contribution in [0.2, 0.25) is 10.0 Å². The number of urea groups is 1. The molecule has 4 nitrogen and oxygen atoms in total. The molecule has 1 saturated heterocycles. The lowest BCUT2D eigenvalue weighted by atomic mass is 10.0. The third kappa shape index (κ3) is 3.53. The molecule has 1 aromatic carbocycles. The number of rotatable bonds is 1. The molecule has 6 heteroatoms. The van der Waals surface area contributed by atoms with Crippen LogP contribution in [0.1, 0.15) is 13.8 Å². The fourth-order valence-electron chi connectivity index (χ4n) is 2.18. The van der Waals surface area contributed by atoms with E-state index in [1.165, 1.54) is 0 Å². The van der Waals surface area contributed by atoms with Gasteiger partial charge in [-0.2, -0.15) is 0 Å². The van der Waals surface area contributed by atoms with Crippen molar-refractivity contribution in [2.45, 2.75) is 19.4 Å². The summed E-state index contributed by atoms with van der Waals surface area (Å²) in [6.45, 7) is 6.31. The summed E-state index contributed by atoms with van der Waals surface area (Å²) in [7, 11) is 0. The first-order valence-corrected chi connectivity index (χ1v) is 6.89. The summed E-state index contributed by atoms with van der Waals surface area (Å²) < 4.78 is 0. The van der Waals surface area contributed by atoms with Crippen molar-refractivity contribution >= 4 is 34.9 Å². The van der Waals surface area contributed by atoms with Crippen LogP contribution >= 0.6 is 23.2 Å². The molecular formula is C13H17Cl2N3O. The van der Waals surface area contributed by atoms with Gasteiger partial charge in [-0.15, -0.1) is 0 Å². The lowest BCUT2D eigenvalue weighted by Gasteiger charge is -2.42. The Morgan fingerprint density at radius 1 is 1.32 bits per heavy atom. The van der Waals surface area contributed by atoms with Gasteiger partial charge in [0.2, 0.25) is 0 Å². The minimum atomic E-state index is -0.218. The SMILES string of the molecule is CC1(C)CNCCN1C(=O)Nc1cc(Cl)cc(Cl)c1. The molecule has 0 aliphatic carbocycles. The van der Waals surface area contributed by atoms with E-state index in [2.05, 4.69) is 10.6 Å². The maximum Gasteiger partial charge on any atom is 0.322 e. The molecule has 0 atom stereocenters. The van der Waals surface area contributed by atoms with Gasteiger partial charge in [-0.1, -0.05) is 23.2 Å². The fraction of sp³-hybridized carbons (Fsp3) is 0.462. The standard InChI is InChI=1S/C13H17Cl2N3O/c1-13(2)8-16-3-4-18(13)12(19)17-11-6-9(14)5-10(15)7-11/h5-7,16H,3-4,8H2,1-2H3,(H,17,19). The maximum absolute atomic E-state index is 12.3. The second-order valence-electron chi connectivity index (χ2n) is 5.23. The summed E-state index contributed by atoms with van der Waals surface area (Å²) in [4.78, 5) is 14.1. The highest BCUT2D eigenvalue weighted by Crippen LogP contribution is 2.24. The zero-order chi connectivity index (χ0) is 14.0. The van der Waals surface area contributed by atoms with Gasteiger partial charge in [0.05, 0.1) is 5.54 Å². The highest BCUT2D eigenvalue weighted by Gasteiger charge is 2.33. The number of benzene rings is 1. The molecule has 0 aromatic heterocycles. The lowest BCUT2D eigenvalue weighted by Crippen LogP contribution is -2.60. The smallest absolute Gasteiger partial charge is 0.317 e. The van der Waals surface area contributed by atoms with Crippen molar-refractivity contribution in [3.8, 4) is 0 Å². The van der Waals surface area contributed by atoms with Crippen molar-refractivity contribution in [2.24, 2.45) is 0 Å². The zero-order valence-corrected chi connectivity index (χ0v) is 12.5. The van der Waals surface area contributed by atoms with Crippen LogP contribution in [-0.2, 0) is 0 Å². The minimum Gasteiger partial charge on any atom is -0.317 e. The van der Waals surface area contributed by atoms with Gasteiger partial charge in [-0.05, 0) is 32.0 Å². The van der Waals surface area contributed by atoms with Crippen molar-refractivity contribution in [1.29, 1.82) is 0 Å². The van der Waals surface area contributed by atoms with Crippen LogP contribution in [-0.4, -0.2) is 36.1 Å². The molecule has 104 valence electrons. The molecule has 1 aliphatic heterocycles. The number of nitrogens with zero attached hydrogens (tertiary/aromatic N) is 1. The van der Waals surface area contributed by atoms with E-state index in [-0.39, 0.29) is 11.6 Å². The molecule has 0 radical (unpaired) electrons. The normalized spacial score (nSPS) is 18.2. The predicted molar refractivity (Wildman–Crippen MR) is 79.1 cm³/mol. The number of halogens is 2. The number of amides is 2. The third-order valence-electron chi connectivity index (χ3n) is 3.16. The van der Waals surface area contributed by atoms with Gasteiger partial charge >= 0.3 is 6.03 Å². The van der Waals surface area contributed by atoms with Gasteiger partial charge in [-0.25, -0.2) is 4.79 Å². The predicted octanol–water partition coefficient (Wildman–Crippen LogP) is 3.21. The summed E-state index contributed by atoms with van der Waals surface area (Å²) in [5.41, 5.74) is 0.391. The first-order valence-electron chi connectivity index (χ1n) is 6.14. The Hall–Kier alpha value is -0.970. The van der Waals surface area contributed by atoms with Crippen LogP contribution in [0.25, 0.3) is 0 Å². The average Bonchev–Trinajstić information content (AvgIpc) is 2.26. The first kappa shape index (κ1) is 14.4. The number of anilines is 1. The molecule has 1 aliphatic rings. The lowest BCUT2D eigenvalue weighted by molar-refractivity contribution is 0.123. The van der Waals surface area contributed by atoms with E-state index in [0.717, 1.165) is 13.1 Å². The van der Waals surface area contributed by atoms with Crippen LogP contribution < -0.4 is 10.6 Å². The van der Waals surface area contributed by atoms with E-state index in [4.69, 9.17) is 23.2 Å². The van der Waals surface area contributed by atoms with E-state index in [1.54, 1.807) is 18.2 Å². The van der Waals surface area contributed by atoms with Gasteiger partial charge in [0.25, 0.3) is 0 Å². The van der Waals surface area contributed by atoms with Gasteiger partial charge < -0.3 is 15.5 Å². The number of carbonyl (C=O) groups excluding carboxylic acids is 1. The van der Waals surface area contributed by atoms with Crippen LogP contribution in [0.15, 0.2) is 18.2 Å². The quantitative estimate of drug-likeness (QED) is 0.836. The Labute approximate surface area is 123 Å². The van der Waals surface area contributed by atoms with E-state index in [0.29, 0.717) is 22.3 Å². The largest absolute Gasteiger partial charge is 0.322 e. The highest BCUT2D eigenvalue weighted by atomic mass is 35.5. The third-order valence-corrected chi connectivity index (χ3v) is 3.60. The molecule has 19 heavy (non-hydrogen) atoms. The van der Waals surface area contributed by atoms with Crippen LogP contribution in [0.3, 0.4) is 0 Å². The van der Waals surface area contributed by atoms with Gasteiger partial charge in [0, 0.05) is 35.4 Å². The maximum atomic E-state index is 12.3. The van der Waals surface area contributed by atoms with Gasteiger partial charge in [-0.3, -0.25) is 0 Å². The molecule has 2 rings (SSSR count). The summed E-state index contributed by atoms with van der Waals surface area (Å²) >= 11 is 11.8. The Kier molecular flexibility index (Phi) is 4.23. The zero-order valence-electron chi connectivity index (χ0n) is 11.0. The molecule has 0 spiro atoms. The molecule has 1 aromatic rings. The molecule has 2 amide bonds. The van der Waals surface area contributed by atoms with Crippen LogP contribution in [0.5, 0.6) is 0 Å². The van der Waals surface area contributed by atoms with Crippen molar-refractivity contribution in [1.82, 2.24) is 10.2 Å². The number of hydrogen-bond donors (Lipinski definition) is 2. The Morgan fingerprint density at radius 3 is 2.53 bits per heavy atom. The number of hydrogen-bond acceptors (Lipinski definition) is 2. The van der Waals surface area contributed by atoms with Crippen molar-refractivity contribution in [2.75, 3.05) is 25.0 Å². The summed E-state index contributed by atoms with van der Waals surface area (Å²) in [5.74, 6) is 0. The number of piperazine rings is 1. The fourth-order valence-corrected chi connectivity index (χ4v) is 2.70. The number of carbonyl (C=O) groups is 1. The van der Waals surface area contributed by atoms with Crippen molar-refractivity contribution in [3.05, 3.63) is 28.2 Å². The second kappa shape index (κ2) is 5.57. The first-order chi connectivity index (χ1) is 8.88. The van der Waals surface area contributed by atoms with Crippen LogP contribution in [0, 0.1) is 0 Å². The van der Waals surface area contributed by atoms with Crippen molar-refractivity contribution in [3.63, 3.8) is 0 Å². The molecular weight excluding hydrogens is 285 g/mol. The van der Waals surface area contributed by atoms with E-state index in [9.17, 15) is 4.79 Å². The monoisotopic (exact) mass is 301 g/mol. The molecule has 1 heterocycles. The summed E-state index contributed by atoms with van der Waals surface area (Å²) in [6, 6.07) is 4.86. The summed E-state index contributed by atoms with van der Waals surface area (Å²) in [5, 5.41) is 7.12. The van der Waals surface area contributed by atoms with E-state index >= 15 is 0 Å². The molecule has 2 N–H and O–H groups in total. The summed E-state index contributed by atoms with van der Waals surface area (Å²) in [6.07, 6.45) is 0. The van der Waals surface area contributed by atoms with Gasteiger partial charge in [0.15, 0.2) is 0 Å². The Balaban J connectivity index is 2.12. The minimum absolute atomic E-state index is 0.134. The van der Waals surface area contributed by atoms with Crippen molar-refractivity contribution < 1.29 is 4.79 Å². The van der Waals surface area contributed by atoms with E-state index < -0.39 is 0 Å². The van der Waals surface area contributed by atoms with Crippen LogP contribution in [0.4, 0.5) is 10.5 Å². The number of nitrogens with one attached hydrogen (secondary N) is 2. The highest BCUT2D eigenvalue weighted by molar-refractivity contribution is 6.35. The Morgan fingerprint density at radius 2 is 1.95 bits per heavy atom. The second-order valence-corrected chi connectivity index (χ2v) is 6.10. The Bertz CT molecular complexity index is 471. The van der Waals surface area contributed by atoms with E-state index in [1.807, 2.05) is 18.7 Å². The van der Waals surface area contributed by atoms with Gasteiger partial charge in [0.1, 0.15) is 0 Å². The topological polar surface area (TPSA) is 44.4 Å². The molecule has 0 bridgehead atoms. The molecule has 0 unspecified atom stereocenters. The average molecular weight is 302 g/mol.